The summed E-state index contributed by atoms with van der Waals surface area (Å²) in [6, 6.07) is 7.37. The molecule has 0 atom stereocenters. The summed E-state index contributed by atoms with van der Waals surface area (Å²) in [6.07, 6.45) is 0.922. The van der Waals surface area contributed by atoms with Crippen LogP contribution in [-0.2, 0) is 6.54 Å². The lowest BCUT2D eigenvalue weighted by atomic mass is 10.2. The molecule has 0 saturated heterocycles. The Bertz CT molecular complexity index is 964. The third kappa shape index (κ3) is 4.82. The summed E-state index contributed by atoms with van der Waals surface area (Å²) >= 11 is 13.7. The molecule has 5 nitrogen and oxygen atoms in total. The maximum atomic E-state index is 12.4. The molecule has 144 valence electrons. The molecule has 0 fully saturated rings. The minimum atomic E-state index is -0.0366. The molecule has 0 aliphatic rings. The lowest BCUT2D eigenvalue weighted by molar-refractivity contribution is 0.0956. The van der Waals surface area contributed by atoms with Gasteiger partial charge in [0.2, 0.25) is 0 Å². The van der Waals surface area contributed by atoms with Gasteiger partial charge in [-0.3, -0.25) is 9.48 Å². The van der Waals surface area contributed by atoms with Crippen LogP contribution in [0.3, 0.4) is 0 Å². The predicted octanol–water partition coefficient (Wildman–Crippen LogP) is 4.44. The van der Waals surface area contributed by atoms with Gasteiger partial charge in [0.05, 0.1) is 17.1 Å². The molecule has 3 aromatic rings. The third-order valence-electron chi connectivity index (χ3n) is 4.23. The summed E-state index contributed by atoms with van der Waals surface area (Å²) < 4.78 is 1.90. The zero-order valence-electron chi connectivity index (χ0n) is 15.6. The third-order valence-corrected chi connectivity index (χ3v) is 5.97. The number of amides is 1. The van der Waals surface area contributed by atoms with Crippen molar-refractivity contribution in [1.29, 1.82) is 0 Å². The molecule has 0 unspecified atom stereocenters. The first-order chi connectivity index (χ1) is 12.8. The number of hydrogen-bond donors (Lipinski definition) is 1. The number of rotatable bonds is 7. The van der Waals surface area contributed by atoms with Crippen molar-refractivity contribution >= 4 is 50.7 Å². The van der Waals surface area contributed by atoms with E-state index in [-0.39, 0.29) is 5.91 Å². The number of thiophene rings is 1. The van der Waals surface area contributed by atoms with E-state index < -0.39 is 0 Å². The summed E-state index contributed by atoms with van der Waals surface area (Å²) in [7, 11) is 4.05. The Morgan fingerprint density at radius 2 is 2.07 bits per heavy atom. The highest BCUT2D eigenvalue weighted by Gasteiger charge is 2.17. The van der Waals surface area contributed by atoms with Gasteiger partial charge in [0.25, 0.3) is 5.91 Å². The van der Waals surface area contributed by atoms with Crippen LogP contribution in [-0.4, -0.2) is 47.8 Å². The fourth-order valence-corrected chi connectivity index (χ4v) is 4.37. The Hall–Kier alpha value is -1.60. The molecule has 2 aromatic heterocycles. The number of nitrogens with zero attached hydrogens (tertiary/aromatic N) is 3. The number of aromatic nitrogens is 2. The van der Waals surface area contributed by atoms with E-state index in [1.165, 1.54) is 11.3 Å². The summed E-state index contributed by atoms with van der Waals surface area (Å²) in [5.74, 6) is -0.0366. The zero-order chi connectivity index (χ0) is 19.6. The summed E-state index contributed by atoms with van der Waals surface area (Å²) in [5.41, 5.74) is 1.84. The van der Waals surface area contributed by atoms with E-state index in [9.17, 15) is 4.79 Å². The monoisotopic (exact) mass is 424 g/mol. The standard InChI is InChI=1S/C19H22Cl2N4OS/c1-12-15-10-17(18(26)22-7-4-8-24(2)3)27-19(15)25(23-12)11-13-5-6-14(20)9-16(13)21/h5-6,9-10H,4,7-8,11H2,1-3H3,(H,22,26). The van der Waals surface area contributed by atoms with E-state index in [1.807, 2.05) is 43.9 Å². The SMILES string of the molecule is Cc1nn(Cc2ccc(Cl)cc2Cl)c2sc(C(=O)NCCCN(C)C)cc12. The van der Waals surface area contributed by atoms with Crippen molar-refractivity contribution in [1.82, 2.24) is 20.0 Å². The molecule has 0 aliphatic heterocycles. The molecule has 8 heteroatoms. The quantitative estimate of drug-likeness (QED) is 0.570. The van der Waals surface area contributed by atoms with Crippen LogP contribution in [0, 0.1) is 6.92 Å². The van der Waals surface area contributed by atoms with Crippen LogP contribution in [0.25, 0.3) is 10.2 Å². The van der Waals surface area contributed by atoms with E-state index in [0.717, 1.165) is 34.4 Å². The van der Waals surface area contributed by atoms with Crippen molar-refractivity contribution in [3.63, 3.8) is 0 Å². The molecule has 0 aliphatic carbocycles. The number of nitrogens with one attached hydrogen (secondary N) is 1. The molecule has 1 aromatic carbocycles. The van der Waals surface area contributed by atoms with Crippen molar-refractivity contribution in [2.75, 3.05) is 27.2 Å². The molecule has 0 radical (unpaired) electrons. The van der Waals surface area contributed by atoms with Gasteiger partial charge >= 0.3 is 0 Å². The summed E-state index contributed by atoms with van der Waals surface area (Å²) in [5, 5.41) is 9.81. The molecule has 1 N–H and O–H groups in total. The Kier molecular flexibility index (Phi) is 6.42. The number of aryl methyl sites for hydroxylation is 1. The van der Waals surface area contributed by atoms with Gasteiger partial charge in [-0.25, -0.2) is 0 Å². The molecule has 2 heterocycles. The minimum absolute atomic E-state index is 0.0366. The number of benzene rings is 1. The van der Waals surface area contributed by atoms with E-state index in [2.05, 4.69) is 15.3 Å². The second kappa shape index (κ2) is 8.61. The maximum Gasteiger partial charge on any atom is 0.261 e. The Morgan fingerprint density at radius 3 is 2.78 bits per heavy atom. The van der Waals surface area contributed by atoms with Crippen molar-refractivity contribution in [3.8, 4) is 0 Å². The van der Waals surface area contributed by atoms with Gasteiger partial charge in [0, 0.05) is 22.0 Å². The van der Waals surface area contributed by atoms with Crippen molar-refractivity contribution in [2.24, 2.45) is 0 Å². The Morgan fingerprint density at radius 1 is 1.30 bits per heavy atom. The topological polar surface area (TPSA) is 50.2 Å². The molecule has 0 spiro atoms. The van der Waals surface area contributed by atoms with Crippen LogP contribution in [0.2, 0.25) is 10.0 Å². The van der Waals surface area contributed by atoms with Gasteiger partial charge < -0.3 is 10.2 Å². The lowest BCUT2D eigenvalue weighted by Gasteiger charge is -2.09. The highest BCUT2D eigenvalue weighted by Crippen LogP contribution is 2.30. The molecule has 3 rings (SSSR count). The molecule has 0 saturated carbocycles. The molecule has 27 heavy (non-hydrogen) atoms. The molecule has 1 amide bonds. The molecule has 0 bridgehead atoms. The average Bonchev–Trinajstić information content (AvgIpc) is 3.15. The Balaban J connectivity index is 1.77. The van der Waals surface area contributed by atoms with E-state index in [4.69, 9.17) is 23.2 Å². The first-order valence-corrected chi connectivity index (χ1v) is 10.3. The largest absolute Gasteiger partial charge is 0.351 e. The second-order valence-corrected chi connectivity index (χ2v) is 8.60. The smallest absolute Gasteiger partial charge is 0.261 e. The minimum Gasteiger partial charge on any atom is -0.351 e. The van der Waals surface area contributed by atoms with Crippen LogP contribution in [0.1, 0.15) is 27.3 Å². The fraction of sp³-hybridized carbons (Fsp3) is 0.368. The average molecular weight is 425 g/mol. The summed E-state index contributed by atoms with van der Waals surface area (Å²) in [4.78, 5) is 16.2. The van der Waals surface area contributed by atoms with Gasteiger partial charge in [-0.15, -0.1) is 11.3 Å². The number of fused-ring (bicyclic) bond motifs is 1. The van der Waals surface area contributed by atoms with Crippen molar-refractivity contribution in [2.45, 2.75) is 19.9 Å². The van der Waals surface area contributed by atoms with Crippen molar-refractivity contribution in [3.05, 3.63) is 50.4 Å². The molecular weight excluding hydrogens is 403 g/mol. The Labute approximate surface area is 172 Å². The van der Waals surface area contributed by atoms with Crippen LogP contribution in [0.15, 0.2) is 24.3 Å². The maximum absolute atomic E-state index is 12.4. The van der Waals surface area contributed by atoms with Gasteiger partial charge in [0.15, 0.2) is 0 Å². The van der Waals surface area contributed by atoms with Crippen molar-refractivity contribution < 1.29 is 4.79 Å². The fourth-order valence-electron chi connectivity index (χ4n) is 2.83. The van der Waals surface area contributed by atoms with Crippen LogP contribution >= 0.6 is 34.5 Å². The highest BCUT2D eigenvalue weighted by molar-refractivity contribution is 7.20. The van der Waals surface area contributed by atoms with Crippen LogP contribution in [0.5, 0.6) is 0 Å². The number of carbonyl (C=O) groups excluding carboxylic acids is 1. The highest BCUT2D eigenvalue weighted by atomic mass is 35.5. The van der Waals surface area contributed by atoms with E-state index in [1.54, 1.807) is 6.07 Å². The van der Waals surface area contributed by atoms with E-state index in [0.29, 0.717) is 28.0 Å². The van der Waals surface area contributed by atoms with Crippen LogP contribution in [0.4, 0.5) is 0 Å². The number of carbonyl (C=O) groups is 1. The summed E-state index contributed by atoms with van der Waals surface area (Å²) in [6.45, 7) is 4.10. The van der Waals surface area contributed by atoms with Gasteiger partial charge in [-0.05, 0) is 57.7 Å². The van der Waals surface area contributed by atoms with Gasteiger partial charge in [-0.1, -0.05) is 29.3 Å². The molecular formula is C19H22Cl2N4OS. The lowest BCUT2D eigenvalue weighted by Crippen LogP contribution is -2.26. The van der Waals surface area contributed by atoms with Crippen LogP contribution < -0.4 is 5.32 Å². The zero-order valence-corrected chi connectivity index (χ0v) is 17.9. The van der Waals surface area contributed by atoms with E-state index >= 15 is 0 Å². The van der Waals surface area contributed by atoms with Gasteiger partial charge in [0.1, 0.15) is 4.83 Å². The number of halogens is 2. The first-order valence-electron chi connectivity index (χ1n) is 8.69. The second-order valence-electron chi connectivity index (χ2n) is 6.72. The predicted molar refractivity (Wildman–Crippen MR) is 113 cm³/mol. The van der Waals surface area contributed by atoms with Gasteiger partial charge in [-0.2, -0.15) is 5.10 Å². The number of hydrogen-bond acceptors (Lipinski definition) is 4. The first kappa shape index (κ1) is 20.1. The normalized spacial score (nSPS) is 11.5.